The summed E-state index contributed by atoms with van der Waals surface area (Å²) in [5.74, 6) is 0. The van der Waals surface area contributed by atoms with Gasteiger partial charge in [0.05, 0.1) is 5.02 Å². The summed E-state index contributed by atoms with van der Waals surface area (Å²) in [7, 11) is 0. The van der Waals surface area contributed by atoms with Gasteiger partial charge in [0.2, 0.25) is 0 Å². The minimum Gasteiger partial charge on any atom is -0.303 e. The van der Waals surface area contributed by atoms with Crippen LogP contribution in [0.25, 0.3) is 6.08 Å². The second kappa shape index (κ2) is 5.35. The van der Waals surface area contributed by atoms with Crippen molar-refractivity contribution >= 4 is 30.2 Å². The van der Waals surface area contributed by atoms with E-state index in [0.29, 0.717) is 23.3 Å². The average molecular weight is 209 g/mol. The smallest absolute Gasteiger partial charge is 0.151 e. The highest BCUT2D eigenvalue weighted by atomic mass is 35.5. The molecule has 0 heterocycles. The molecule has 0 fully saturated rings. The molecule has 0 atom stereocenters. The zero-order valence-corrected chi connectivity index (χ0v) is 8.20. The Morgan fingerprint density at radius 3 is 2.71 bits per heavy atom. The molecule has 0 aliphatic carbocycles. The van der Waals surface area contributed by atoms with E-state index < -0.39 is 0 Å². The molecule has 1 rings (SSSR count). The largest absolute Gasteiger partial charge is 0.303 e. The fraction of sp³-hybridized carbons (Fsp3) is 0.0909. The average Bonchev–Trinajstić information content (AvgIpc) is 2.21. The number of carbonyl (C=O) groups is 2. The van der Waals surface area contributed by atoms with Crippen molar-refractivity contribution in [1.82, 2.24) is 0 Å². The van der Waals surface area contributed by atoms with E-state index in [-0.39, 0.29) is 0 Å². The Kier molecular flexibility index (Phi) is 4.08. The van der Waals surface area contributed by atoms with Crippen LogP contribution in [0.4, 0.5) is 0 Å². The van der Waals surface area contributed by atoms with Crippen LogP contribution in [0.1, 0.15) is 22.3 Å². The summed E-state index contributed by atoms with van der Waals surface area (Å²) >= 11 is 5.75. The predicted molar refractivity (Wildman–Crippen MR) is 56.6 cm³/mol. The molecule has 0 saturated carbocycles. The highest BCUT2D eigenvalue weighted by Crippen LogP contribution is 2.16. The Bertz CT molecular complexity index is 370. The Balaban J connectivity index is 2.89. The number of rotatable bonds is 4. The van der Waals surface area contributed by atoms with Gasteiger partial charge < -0.3 is 4.79 Å². The molecule has 0 N–H and O–H groups in total. The molecule has 0 bridgehead atoms. The van der Waals surface area contributed by atoms with Crippen molar-refractivity contribution in [1.29, 1.82) is 0 Å². The third-order valence-corrected chi connectivity index (χ3v) is 2.03. The Morgan fingerprint density at radius 2 is 2.07 bits per heavy atom. The molecule has 0 aliphatic heterocycles. The van der Waals surface area contributed by atoms with Crippen molar-refractivity contribution < 1.29 is 9.59 Å². The van der Waals surface area contributed by atoms with Gasteiger partial charge in [0.1, 0.15) is 6.29 Å². The molecule has 0 radical (unpaired) electrons. The normalized spacial score (nSPS) is 10.4. The van der Waals surface area contributed by atoms with Gasteiger partial charge in [0.15, 0.2) is 6.29 Å². The van der Waals surface area contributed by atoms with Crippen molar-refractivity contribution in [2.24, 2.45) is 0 Å². The highest BCUT2D eigenvalue weighted by molar-refractivity contribution is 6.33. The molecule has 0 aromatic heterocycles. The summed E-state index contributed by atoms with van der Waals surface area (Å²) in [5, 5.41) is 0.438. The van der Waals surface area contributed by atoms with E-state index >= 15 is 0 Å². The zero-order valence-electron chi connectivity index (χ0n) is 7.44. The van der Waals surface area contributed by atoms with Crippen LogP contribution in [-0.2, 0) is 4.79 Å². The first kappa shape index (κ1) is 10.7. The van der Waals surface area contributed by atoms with Crippen molar-refractivity contribution in [3.05, 3.63) is 40.4 Å². The number of carbonyl (C=O) groups excluding carboxylic acids is 2. The van der Waals surface area contributed by atoms with Gasteiger partial charge in [-0.2, -0.15) is 0 Å². The van der Waals surface area contributed by atoms with Crippen LogP contribution in [-0.4, -0.2) is 12.6 Å². The van der Waals surface area contributed by atoms with E-state index in [4.69, 9.17) is 11.6 Å². The van der Waals surface area contributed by atoms with E-state index in [1.807, 2.05) is 0 Å². The maximum Gasteiger partial charge on any atom is 0.151 e. The fourth-order valence-corrected chi connectivity index (χ4v) is 1.18. The summed E-state index contributed by atoms with van der Waals surface area (Å²) in [5.41, 5.74) is 1.32. The molecule has 0 spiro atoms. The summed E-state index contributed by atoms with van der Waals surface area (Å²) < 4.78 is 0. The fourth-order valence-electron chi connectivity index (χ4n) is 1.02. The Hall–Kier alpha value is -1.41. The van der Waals surface area contributed by atoms with Gasteiger partial charge in [0.25, 0.3) is 0 Å². The van der Waals surface area contributed by atoms with Crippen molar-refractivity contribution in [3.8, 4) is 0 Å². The van der Waals surface area contributed by atoms with E-state index in [2.05, 4.69) is 0 Å². The SMILES string of the molecule is O=CCC=Cc1ccc(Cl)c(C=O)c1. The maximum absolute atomic E-state index is 10.5. The number of hydrogen-bond donors (Lipinski definition) is 0. The molecule has 0 amide bonds. The van der Waals surface area contributed by atoms with Crippen LogP contribution < -0.4 is 0 Å². The molecule has 2 nitrogen and oxygen atoms in total. The standard InChI is InChI=1S/C11H9ClO2/c12-11-5-4-9(3-1-2-6-13)7-10(11)8-14/h1,3-8H,2H2. The third kappa shape index (κ3) is 2.82. The molecule has 0 unspecified atom stereocenters. The summed E-state index contributed by atoms with van der Waals surface area (Å²) in [4.78, 5) is 20.6. The number of benzene rings is 1. The van der Waals surface area contributed by atoms with Crippen LogP contribution in [0.5, 0.6) is 0 Å². The molecule has 0 aliphatic rings. The minimum absolute atomic E-state index is 0.374. The maximum atomic E-state index is 10.5. The lowest BCUT2D eigenvalue weighted by atomic mass is 10.1. The first-order valence-corrected chi connectivity index (χ1v) is 4.50. The van der Waals surface area contributed by atoms with E-state index in [0.717, 1.165) is 11.8 Å². The zero-order chi connectivity index (χ0) is 10.4. The highest BCUT2D eigenvalue weighted by Gasteiger charge is 1.98. The van der Waals surface area contributed by atoms with Crippen LogP contribution in [0.15, 0.2) is 24.3 Å². The van der Waals surface area contributed by atoms with Crippen LogP contribution in [0.2, 0.25) is 5.02 Å². The van der Waals surface area contributed by atoms with Gasteiger partial charge in [-0.15, -0.1) is 0 Å². The van der Waals surface area contributed by atoms with Gasteiger partial charge in [-0.3, -0.25) is 4.79 Å². The van der Waals surface area contributed by atoms with Crippen LogP contribution in [0.3, 0.4) is 0 Å². The number of halogens is 1. The van der Waals surface area contributed by atoms with Gasteiger partial charge in [-0.1, -0.05) is 29.8 Å². The van der Waals surface area contributed by atoms with E-state index in [1.54, 1.807) is 30.4 Å². The van der Waals surface area contributed by atoms with Gasteiger partial charge in [-0.25, -0.2) is 0 Å². The molecule has 3 heteroatoms. The van der Waals surface area contributed by atoms with Crippen molar-refractivity contribution in [3.63, 3.8) is 0 Å². The number of aldehydes is 2. The van der Waals surface area contributed by atoms with Crippen LogP contribution >= 0.6 is 11.6 Å². The molecule has 72 valence electrons. The Morgan fingerprint density at radius 1 is 1.29 bits per heavy atom. The molecule has 0 saturated heterocycles. The molecular formula is C11H9ClO2. The minimum atomic E-state index is 0.374. The molecule has 14 heavy (non-hydrogen) atoms. The first-order valence-electron chi connectivity index (χ1n) is 4.13. The predicted octanol–water partition coefficient (Wildman–Crippen LogP) is 2.75. The van der Waals surface area contributed by atoms with Gasteiger partial charge in [-0.05, 0) is 17.7 Å². The summed E-state index contributed by atoms with van der Waals surface area (Å²) in [6.07, 6.45) is 5.40. The van der Waals surface area contributed by atoms with E-state index in [1.165, 1.54) is 0 Å². The topological polar surface area (TPSA) is 34.1 Å². The molecular weight excluding hydrogens is 200 g/mol. The number of hydrogen-bond acceptors (Lipinski definition) is 2. The second-order valence-corrected chi connectivity index (χ2v) is 3.11. The molecule has 1 aromatic carbocycles. The molecule has 1 aromatic rings. The van der Waals surface area contributed by atoms with Crippen molar-refractivity contribution in [2.75, 3.05) is 0 Å². The van der Waals surface area contributed by atoms with Crippen LogP contribution in [0, 0.1) is 0 Å². The lowest BCUT2D eigenvalue weighted by molar-refractivity contribution is -0.107. The van der Waals surface area contributed by atoms with Gasteiger partial charge >= 0.3 is 0 Å². The third-order valence-electron chi connectivity index (χ3n) is 1.69. The van der Waals surface area contributed by atoms with Crippen molar-refractivity contribution in [2.45, 2.75) is 6.42 Å². The number of allylic oxidation sites excluding steroid dienone is 1. The Labute approximate surface area is 87.2 Å². The summed E-state index contributed by atoms with van der Waals surface area (Å²) in [6.45, 7) is 0. The lowest BCUT2D eigenvalue weighted by Crippen LogP contribution is -1.83. The quantitative estimate of drug-likeness (QED) is 0.713. The van der Waals surface area contributed by atoms with Gasteiger partial charge in [0, 0.05) is 12.0 Å². The van der Waals surface area contributed by atoms with E-state index in [9.17, 15) is 9.59 Å². The second-order valence-electron chi connectivity index (χ2n) is 2.70. The lowest BCUT2D eigenvalue weighted by Gasteiger charge is -1.97. The summed E-state index contributed by atoms with van der Waals surface area (Å²) in [6, 6.07) is 5.12. The first-order chi connectivity index (χ1) is 6.77. The monoisotopic (exact) mass is 208 g/mol.